The Hall–Kier alpha value is -1.49. The fraction of sp³-hybridized carbons (Fsp3) is 0.467. The third-order valence-corrected chi connectivity index (χ3v) is 6.28. The molecule has 1 aliphatic heterocycles. The maximum Gasteiger partial charge on any atom is 0.310 e. The first kappa shape index (κ1) is 12.3. The fourth-order valence-corrected chi connectivity index (χ4v) is 5.62. The average molecular weight is 290 g/mol. The van der Waals surface area contributed by atoms with Gasteiger partial charge in [0.2, 0.25) is 0 Å². The van der Waals surface area contributed by atoms with Crippen LogP contribution in [0, 0.1) is 23.7 Å². The highest BCUT2D eigenvalue weighted by Gasteiger charge is 2.68. The van der Waals surface area contributed by atoms with Gasteiger partial charge in [0.15, 0.2) is 0 Å². The number of rotatable bonds is 3. The third kappa shape index (κ3) is 1.56. The maximum absolute atomic E-state index is 11.9. The minimum Gasteiger partial charge on any atom is -0.481 e. The van der Waals surface area contributed by atoms with Crippen molar-refractivity contribution in [3.8, 4) is 0 Å². The van der Waals surface area contributed by atoms with E-state index in [1.807, 2.05) is 30.3 Å². The van der Waals surface area contributed by atoms with Crippen LogP contribution in [0.2, 0.25) is 0 Å². The molecular weight excluding hydrogens is 276 g/mol. The van der Waals surface area contributed by atoms with Crippen molar-refractivity contribution in [2.75, 3.05) is 0 Å². The number of carboxylic acid groups (broad SMARTS) is 1. The van der Waals surface area contributed by atoms with Crippen molar-refractivity contribution in [1.82, 2.24) is 0 Å². The Bertz CT molecular complexity index is 572. The van der Waals surface area contributed by atoms with E-state index in [0.29, 0.717) is 0 Å². The van der Waals surface area contributed by atoms with Crippen LogP contribution in [0.3, 0.4) is 0 Å². The summed E-state index contributed by atoms with van der Waals surface area (Å²) in [6.45, 7) is 0. The highest BCUT2D eigenvalue weighted by molar-refractivity contribution is 8.00. The van der Waals surface area contributed by atoms with Crippen molar-refractivity contribution >= 4 is 23.7 Å². The van der Waals surface area contributed by atoms with E-state index in [9.17, 15) is 14.7 Å². The summed E-state index contributed by atoms with van der Waals surface area (Å²) in [6.07, 6.45) is 0.709. The molecule has 0 amide bonds. The lowest BCUT2D eigenvalue weighted by Gasteiger charge is -2.29. The van der Waals surface area contributed by atoms with Gasteiger partial charge >= 0.3 is 11.9 Å². The van der Waals surface area contributed by atoms with E-state index < -0.39 is 17.8 Å². The average Bonchev–Trinajstić information content (AvgIpc) is 3.03. The summed E-state index contributed by atoms with van der Waals surface area (Å²) in [7, 11) is 0. The molecule has 0 aromatic heterocycles. The molecule has 3 aliphatic rings. The molecule has 20 heavy (non-hydrogen) atoms. The van der Waals surface area contributed by atoms with Gasteiger partial charge in [0, 0.05) is 10.8 Å². The number of carbonyl (C=O) groups is 2. The van der Waals surface area contributed by atoms with Crippen LogP contribution < -0.4 is 0 Å². The number of fused-ring (bicyclic) bond motifs is 1. The Kier molecular flexibility index (Phi) is 2.61. The number of carbonyl (C=O) groups excluding carboxylic acids is 1. The van der Waals surface area contributed by atoms with Gasteiger partial charge in [0.05, 0.1) is 17.1 Å². The van der Waals surface area contributed by atoms with Crippen LogP contribution in [0.15, 0.2) is 35.2 Å². The van der Waals surface area contributed by atoms with Crippen molar-refractivity contribution < 1.29 is 19.4 Å². The van der Waals surface area contributed by atoms with E-state index in [4.69, 9.17) is 4.74 Å². The SMILES string of the molecule is O=C1O[C@H]2[C@@H]3C[C@H]([C@@H]2Sc2ccccc2)[C@H](C(=O)O)[C@H]13. The van der Waals surface area contributed by atoms with Crippen molar-refractivity contribution in [3.05, 3.63) is 30.3 Å². The second-order valence-corrected chi connectivity index (χ2v) is 7.00. The summed E-state index contributed by atoms with van der Waals surface area (Å²) in [5, 5.41) is 9.52. The summed E-state index contributed by atoms with van der Waals surface area (Å²) in [5.74, 6) is -1.97. The van der Waals surface area contributed by atoms with E-state index in [1.165, 1.54) is 0 Å². The van der Waals surface area contributed by atoms with Crippen LogP contribution in [0.1, 0.15) is 6.42 Å². The van der Waals surface area contributed by atoms with Gasteiger partial charge in [-0.15, -0.1) is 11.8 Å². The summed E-state index contributed by atoms with van der Waals surface area (Å²) < 4.78 is 5.48. The quantitative estimate of drug-likeness (QED) is 0.863. The number of ether oxygens (including phenoxy) is 1. The van der Waals surface area contributed by atoms with Crippen molar-refractivity contribution in [2.45, 2.75) is 22.7 Å². The smallest absolute Gasteiger partial charge is 0.310 e. The number of esters is 1. The van der Waals surface area contributed by atoms with Crippen LogP contribution in [0.25, 0.3) is 0 Å². The highest BCUT2D eigenvalue weighted by atomic mass is 32.2. The lowest BCUT2D eigenvalue weighted by Crippen LogP contribution is -2.39. The van der Waals surface area contributed by atoms with Crippen LogP contribution >= 0.6 is 11.8 Å². The van der Waals surface area contributed by atoms with Crippen LogP contribution in [-0.2, 0) is 14.3 Å². The Morgan fingerprint density at radius 2 is 2.00 bits per heavy atom. The normalized spacial score (nSPS) is 40.9. The number of hydrogen-bond acceptors (Lipinski definition) is 4. The van der Waals surface area contributed by atoms with Crippen LogP contribution in [-0.4, -0.2) is 28.4 Å². The summed E-state index contributed by atoms with van der Waals surface area (Å²) >= 11 is 1.66. The molecule has 1 aromatic carbocycles. The first-order valence-electron chi connectivity index (χ1n) is 6.82. The van der Waals surface area contributed by atoms with Gasteiger partial charge in [-0.2, -0.15) is 0 Å². The minimum absolute atomic E-state index is 0.0455. The predicted octanol–water partition coefficient (Wildman–Crippen LogP) is 2.04. The first-order chi connectivity index (χ1) is 9.66. The summed E-state index contributed by atoms with van der Waals surface area (Å²) in [6, 6.07) is 9.92. The molecule has 0 unspecified atom stereocenters. The molecule has 1 saturated heterocycles. The molecule has 0 spiro atoms. The second-order valence-electron chi connectivity index (χ2n) is 5.75. The zero-order chi connectivity index (χ0) is 13.9. The van der Waals surface area contributed by atoms with Gasteiger partial charge in [-0.1, -0.05) is 18.2 Å². The molecule has 1 N–H and O–H groups in total. The lowest BCUT2D eigenvalue weighted by atomic mass is 9.80. The number of carboxylic acids is 1. The molecule has 3 fully saturated rings. The van der Waals surface area contributed by atoms with Gasteiger partial charge in [-0.3, -0.25) is 9.59 Å². The Morgan fingerprint density at radius 3 is 2.70 bits per heavy atom. The molecule has 104 valence electrons. The molecular formula is C15H14O4S. The molecule has 2 bridgehead atoms. The minimum atomic E-state index is -0.849. The third-order valence-electron chi connectivity index (χ3n) is 4.85. The number of hydrogen-bond donors (Lipinski definition) is 1. The van der Waals surface area contributed by atoms with Crippen LogP contribution in [0.4, 0.5) is 0 Å². The van der Waals surface area contributed by atoms with Gasteiger partial charge < -0.3 is 9.84 Å². The molecule has 6 atom stereocenters. The van der Waals surface area contributed by atoms with E-state index >= 15 is 0 Å². The topological polar surface area (TPSA) is 63.6 Å². The monoisotopic (exact) mass is 290 g/mol. The first-order valence-corrected chi connectivity index (χ1v) is 7.70. The molecule has 4 nitrogen and oxygen atoms in total. The van der Waals surface area contributed by atoms with Crippen molar-refractivity contribution in [2.24, 2.45) is 23.7 Å². The standard InChI is InChI=1S/C15H14O4S/c16-14(17)10-9-6-8-11(10)15(18)19-12(8)13(9)20-7-4-2-1-3-5-7/h1-5,8-13H,6H2,(H,16,17)/t8-,9+,10+,11-,12+,13+/m1/s1. The number of benzene rings is 1. The zero-order valence-corrected chi connectivity index (χ0v) is 11.5. The molecule has 2 saturated carbocycles. The summed E-state index contributed by atoms with van der Waals surface area (Å²) in [5.41, 5.74) is 0. The maximum atomic E-state index is 11.9. The largest absolute Gasteiger partial charge is 0.481 e. The molecule has 1 heterocycles. The van der Waals surface area contributed by atoms with Gasteiger partial charge in [-0.05, 0) is 24.5 Å². The Balaban J connectivity index is 1.66. The molecule has 1 aromatic rings. The van der Waals surface area contributed by atoms with Crippen molar-refractivity contribution in [3.63, 3.8) is 0 Å². The van der Waals surface area contributed by atoms with Gasteiger partial charge in [-0.25, -0.2) is 0 Å². The number of aliphatic carboxylic acids is 1. The van der Waals surface area contributed by atoms with E-state index in [0.717, 1.165) is 11.3 Å². The second kappa shape index (κ2) is 4.25. The lowest BCUT2D eigenvalue weighted by molar-refractivity contribution is -0.151. The zero-order valence-electron chi connectivity index (χ0n) is 10.6. The van der Waals surface area contributed by atoms with Crippen molar-refractivity contribution in [1.29, 1.82) is 0 Å². The highest BCUT2D eigenvalue weighted by Crippen LogP contribution is 2.61. The van der Waals surface area contributed by atoms with E-state index in [-0.39, 0.29) is 29.2 Å². The molecule has 4 rings (SSSR count). The van der Waals surface area contributed by atoms with Crippen LogP contribution in [0.5, 0.6) is 0 Å². The number of thioether (sulfide) groups is 1. The fourth-order valence-electron chi connectivity index (χ4n) is 4.14. The molecule has 0 radical (unpaired) electrons. The predicted molar refractivity (Wildman–Crippen MR) is 72.2 cm³/mol. The Morgan fingerprint density at radius 1 is 1.25 bits per heavy atom. The van der Waals surface area contributed by atoms with E-state index in [2.05, 4.69) is 0 Å². The van der Waals surface area contributed by atoms with Gasteiger partial charge in [0.1, 0.15) is 6.10 Å². The molecule has 2 aliphatic carbocycles. The van der Waals surface area contributed by atoms with Gasteiger partial charge in [0.25, 0.3) is 0 Å². The Labute approximate surface area is 120 Å². The summed E-state index contributed by atoms with van der Waals surface area (Å²) in [4.78, 5) is 24.5. The molecule has 5 heteroatoms. The van der Waals surface area contributed by atoms with E-state index in [1.54, 1.807) is 11.8 Å².